The van der Waals surface area contributed by atoms with Crippen LogP contribution in [-0.4, -0.2) is 41.9 Å². The number of hydrogen-bond donors (Lipinski definition) is 3. The molecule has 0 aliphatic carbocycles. The largest absolute Gasteiger partial charge is 0.418 e. The van der Waals surface area contributed by atoms with Crippen molar-refractivity contribution in [2.45, 2.75) is 32.0 Å². The molecule has 1 fully saturated rings. The van der Waals surface area contributed by atoms with Gasteiger partial charge in [-0.2, -0.15) is 13.2 Å². The molecule has 1 aliphatic rings. The Labute approximate surface area is 183 Å². The van der Waals surface area contributed by atoms with E-state index in [-0.39, 0.29) is 18.1 Å². The van der Waals surface area contributed by atoms with Crippen LogP contribution in [0.4, 0.5) is 29.3 Å². The van der Waals surface area contributed by atoms with E-state index < -0.39 is 35.4 Å². The summed E-state index contributed by atoms with van der Waals surface area (Å²) >= 11 is 0. The number of alkyl halides is 3. The lowest BCUT2D eigenvalue weighted by Crippen LogP contribution is -2.44. The molecule has 32 heavy (non-hydrogen) atoms. The van der Waals surface area contributed by atoms with Gasteiger partial charge in [0.2, 0.25) is 5.91 Å². The fourth-order valence-electron chi connectivity index (χ4n) is 3.41. The van der Waals surface area contributed by atoms with E-state index in [1.54, 1.807) is 30.0 Å². The lowest BCUT2D eigenvalue weighted by Gasteiger charge is -2.22. The number of likely N-dealkylation sites (tertiary alicyclic amines) is 1. The maximum absolute atomic E-state index is 13.6. The van der Waals surface area contributed by atoms with Crippen LogP contribution in [-0.2, 0) is 11.0 Å². The van der Waals surface area contributed by atoms with E-state index in [1.165, 1.54) is 18.2 Å². The van der Waals surface area contributed by atoms with Gasteiger partial charge in [-0.15, -0.1) is 0 Å². The van der Waals surface area contributed by atoms with E-state index in [0.29, 0.717) is 18.5 Å². The van der Waals surface area contributed by atoms with Crippen LogP contribution >= 0.6 is 0 Å². The van der Waals surface area contributed by atoms with E-state index in [1.807, 2.05) is 0 Å². The van der Waals surface area contributed by atoms with Crippen molar-refractivity contribution in [3.05, 3.63) is 59.7 Å². The Kier molecular flexibility index (Phi) is 7.01. The highest BCUT2D eigenvalue weighted by molar-refractivity contribution is 6.04. The zero-order valence-electron chi connectivity index (χ0n) is 17.3. The lowest BCUT2D eigenvalue weighted by atomic mass is 10.1. The van der Waals surface area contributed by atoms with E-state index >= 15 is 0 Å². The summed E-state index contributed by atoms with van der Waals surface area (Å²) in [6.45, 7) is 2.54. The molecular weight excluding hydrogens is 425 g/mol. The molecule has 170 valence electrons. The van der Waals surface area contributed by atoms with Crippen LogP contribution < -0.4 is 16.0 Å². The minimum Gasteiger partial charge on any atom is -0.341 e. The minimum absolute atomic E-state index is 0.00782. The molecule has 1 atom stereocenters. The van der Waals surface area contributed by atoms with Crippen LogP contribution in [0.25, 0.3) is 0 Å². The standard InChI is InChI=1S/C22H23F3N4O3/c1-14(13-29-11-5-8-19(29)30)26-21(32)28-18-10-9-16(12-17(18)22(23,24)25)27-20(31)15-6-3-2-4-7-15/h2-4,6-7,9-10,12,14H,5,8,11,13H2,1H3,(H,27,31)(H2,26,28,32). The summed E-state index contributed by atoms with van der Waals surface area (Å²) in [6, 6.07) is 9.93. The zero-order valence-corrected chi connectivity index (χ0v) is 17.3. The van der Waals surface area contributed by atoms with Crippen molar-refractivity contribution >= 4 is 29.2 Å². The van der Waals surface area contributed by atoms with Gasteiger partial charge < -0.3 is 20.9 Å². The van der Waals surface area contributed by atoms with Crippen molar-refractivity contribution in [1.29, 1.82) is 0 Å². The number of carbonyl (C=O) groups excluding carboxylic acids is 3. The van der Waals surface area contributed by atoms with E-state index in [9.17, 15) is 27.6 Å². The molecule has 0 radical (unpaired) electrons. The first-order valence-electron chi connectivity index (χ1n) is 10.1. The first kappa shape index (κ1) is 23.1. The van der Waals surface area contributed by atoms with Gasteiger partial charge in [-0.05, 0) is 43.7 Å². The molecule has 1 unspecified atom stereocenters. The quantitative estimate of drug-likeness (QED) is 0.622. The van der Waals surface area contributed by atoms with Gasteiger partial charge >= 0.3 is 12.2 Å². The molecule has 3 rings (SSSR count). The van der Waals surface area contributed by atoms with Gasteiger partial charge in [0.05, 0.1) is 11.3 Å². The van der Waals surface area contributed by atoms with E-state index in [4.69, 9.17) is 0 Å². The van der Waals surface area contributed by atoms with Crippen molar-refractivity contribution < 1.29 is 27.6 Å². The summed E-state index contributed by atoms with van der Waals surface area (Å²) in [6.07, 6.45) is -3.55. The molecule has 3 N–H and O–H groups in total. The average molecular weight is 448 g/mol. The highest BCUT2D eigenvalue weighted by atomic mass is 19.4. The summed E-state index contributed by atoms with van der Waals surface area (Å²) in [4.78, 5) is 37.8. The van der Waals surface area contributed by atoms with Gasteiger partial charge in [-0.25, -0.2) is 4.79 Å². The molecule has 1 heterocycles. The van der Waals surface area contributed by atoms with Crippen LogP contribution in [0, 0.1) is 0 Å². The second kappa shape index (κ2) is 9.71. The molecular formula is C22H23F3N4O3. The second-order valence-electron chi connectivity index (χ2n) is 7.52. The third-order valence-electron chi connectivity index (χ3n) is 4.91. The van der Waals surface area contributed by atoms with Crippen LogP contribution in [0.3, 0.4) is 0 Å². The van der Waals surface area contributed by atoms with Crippen molar-refractivity contribution in [2.24, 2.45) is 0 Å². The SMILES string of the molecule is CC(CN1CCCC1=O)NC(=O)Nc1ccc(NC(=O)c2ccccc2)cc1C(F)(F)F. The number of halogens is 3. The van der Waals surface area contributed by atoms with E-state index in [0.717, 1.165) is 18.6 Å². The highest BCUT2D eigenvalue weighted by Gasteiger charge is 2.34. The number of carbonyl (C=O) groups is 3. The second-order valence-corrected chi connectivity index (χ2v) is 7.52. The fourth-order valence-corrected chi connectivity index (χ4v) is 3.41. The number of nitrogens with one attached hydrogen (secondary N) is 3. The zero-order chi connectivity index (χ0) is 23.3. The van der Waals surface area contributed by atoms with Gasteiger partial charge in [-0.3, -0.25) is 9.59 Å². The Bertz CT molecular complexity index is 996. The van der Waals surface area contributed by atoms with Crippen molar-refractivity contribution in [3.8, 4) is 0 Å². The Morgan fingerprint density at radius 1 is 1.09 bits per heavy atom. The summed E-state index contributed by atoms with van der Waals surface area (Å²) in [7, 11) is 0. The first-order valence-corrected chi connectivity index (χ1v) is 10.1. The number of nitrogens with zero attached hydrogens (tertiary/aromatic N) is 1. The Balaban J connectivity index is 1.68. The predicted octanol–water partition coefficient (Wildman–Crippen LogP) is 4.09. The molecule has 7 nitrogen and oxygen atoms in total. The molecule has 4 amide bonds. The van der Waals surface area contributed by atoms with Crippen LogP contribution in [0.15, 0.2) is 48.5 Å². The number of hydrogen-bond acceptors (Lipinski definition) is 3. The monoisotopic (exact) mass is 448 g/mol. The third kappa shape index (κ3) is 5.99. The van der Waals surface area contributed by atoms with Gasteiger partial charge in [0.15, 0.2) is 0 Å². The average Bonchev–Trinajstić information content (AvgIpc) is 3.13. The number of urea groups is 1. The number of benzene rings is 2. The molecule has 1 saturated heterocycles. The molecule has 2 aromatic carbocycles. The van der Waals surface area contributed by atoms with Crippen molar-refractivity contribution in [1.82, 2.24) is 10.2 Å². The van der Waals surface area contributed by atoms with Gasteiger partial charge in [0.1, 0.15) is 0 Å². The van der Waals surface area contributed by atoms with Crippen molar-refractivity contribution in [2.75, 3.05) is 23.7 Å². The van der Waals surface area contributed by atoms with Crippen LogP contribution in [0.1, 0.15) is 35.7 Å². The van der Waals surface area contributed by atoms with Crippen LogP contribution in [0.5, 0.6) is 0 Å². The summed E-state index contributed by atoms with van der Waals surface area (Å²) in [5, 5.41) is 7.18. The first-order chi connectivity index (χ1) is 15.1. The van der Waals surface area contributed by atoms with Gasteiger partial charge in [0.25, 0.3) is 5.91 Å². The van der Waals surface area contributed by atoms with Crippen LogP contribution in [0.2, 0.25) is 0 Å². The summed E-state index contributed by atoms with van der Waals surface area (Å²) < 4.78 is 40.8. The Hall–Kier alpha value is -3.56. The Morgan fingerprint density at radius 3 is 2.44 bits per heavy atom. The molecule has 2 aromatic rings. The predicted molar refractivity (Wildman–Crippen MR) is 113 cm³/mol. The molecule has 0 aromatic heterocycles. The molecule has 1 aliphatic heterocycles. The van der Waals surface area contributed by atoms with Gasteiger partial charge in [-0.1, -0.05) is 18.2 Å². The number of anilines is 2. The lowest BCUT2D eigenvalue weighted by molar-refractivity contribution is -0.137. The summed E-state index contributed by atoms with van der Waals surface area (Å²) in [5.74, 6) is -0.561. The maximum Gasteiger partial charge on any atom is 0.418 e. The normalized spacial score (nSPS) is 14.8. The minimum atomic E-state index is -4.76. The molecule has 10 heteroatoms. The molecule has 0 spiro atoms. The Morgan fingerprint density at radius 2 is 1.81 bits per heavy atom. The summed E-state index contributed by atoms with van der Waals surface area (Å²) in [5.41, 5.74) is -1.30. The highest BCUT2D eigenvalue weighted by Crippen LogP contribution is 2.36. The van der Waals surface area contributed by atoms with Crippen molar-refractivity contribution in [3.63, 3.8) is 0 Å². The molecule has 0 bridgehead atoms. The number of amides is 4. The smallest absolute Gasteiger partial charge is 0.341 e. The number of rotatable bonds is 6. The topological polar surface area (TPSA) is 90.5 Å². The third-order valence-corrected chi connectivity index (χ3v) is 4.91. The molecule has 0 saturated carbocycles. The van der Waals surface area contributed by atoms with Gasteiger partial charge in [0, 0.05) is 36.8 Å². The maximum atomic E-state index is 13.6. The van der Waals surface area contributed by atoms with E-state index in [2.05, 4.69) is 16.0 Å². The fraction of sp³-hybridized carbons (Fsp3) is 0.318.